The fourth-order valence-electron chi connectivity index (χ4n) is 7.41. The first-order valence-electron chi connectivity index (χ1n) is 9.63. The van der Waals surface area contributed by atoms with Crippen LogP contribution in [-0.2, 0) is 9.59 Å². The number of aldehydes is 1. The van der Waals surface area contributed by atoms with Gasteiger partial charge in [-0.05, 0) is 73.5 Å². The van der Waals surface area contributed by atoms with Crippen molar-refractivity contribution in [1.29, 1.82) is 0 Å². The third kappa shape index (κ3) is 1.94. The molecule has 3 aliphatic carbocycles. The average Bonchev–Trinajstić information content (AvgIpc) is 2.88. The van der Waals surface area contributed by atoms with Crippen molar-refractivity contribution in [3.8, 4) is 0 Å². The lowest BCUT2D eigenvalue weighted by atomic mass is 9.47. The zero-order valence-electron chi connectivity index (χ0n) is 14.9. The Morgan fingerprint density at radius 1 is 1.00 bits per heavy atom. The molecule has 23 heavy (non-hydrogen) atoms. The van der Waals surface area contributed by atoms with Crippen molar-refractivity contribution in [3.63, 3.8) is 0 Å². The smallest absolute Gasteiger partial charge is 0.222 e. The summed E-state index contributed by atoms with van der Waals surface area (Å²) in [4.78, 5) is 25.8. The fraction of sp³-hybridized carbons (Fsp3) is 0.900. The van der Waals surface area contributed by atoms with Crippen LogP contribution < -0.4 is 0 Å². The zero-order valence-corrected chi connectivity index (χ0v) is 14.9. The first-order valence-corrected chi connectivity index (χ1v) is 9.63. The molecule has 0 aromatic rings. The van der Waals surface area contributed by atoms with E-state index >= 15 is 0 Å². The summed E-state index contributed by atoms with van der Waals surface area (Å²) in [6, 6.07) is 0.442. The molecule has 4 rings (SSSR count). The van der Waals surface area contributed by atoms with E-state index in [1.54, 1.807) is 0 Å². The maximum Gasteiger partial charge on any atom is 0.222 e. The van der Waals surface area contributed by atoms with Gasteiger partial charge in [0.1, 0.15) is 6.29 Å². The summed E-state index contributed by atoms with van der Waals surface area (Å²) in [5.41, 5.74) is 0.550. The molecule has 0 aromatic heterocycles. The molecule has 3 heteroatoms. The van der Waals surface area contributed by atoms with Gasteiger partial charge in [-0.15, -0.1) is 0 Å². The number of likely N-dealkylation sites (tertiary alicyclic amines) is 1. The van der Waals surface area contributed by atoms with Gasteiger partial charge in [0.2, 0.25) is 5.91 Å². The molecular formula is C20H31NO2. The van der Waals surface area contributed by atoms with Crippen molar-refractivity contribution in [2.24, 2.45) is 34.5 Å². The summed E-state index contributed by atoms with van der Waals surface area (Å²) in [6.07, 6.45) is 10.3. The van der Waals surface area contributed by atoms with Crippen LogP contribution in [0, 0.1) is 34.5 Å². The van der Waals surface area contributed by atoms with Gasteiger partial charge in [0.25, 0.3) is 0 Å². The number of piperidine rings is 1. The van der Waals surface area contributed by atoms with E-state index in [9.17, 15) is 9.59 Å². The highest BCUT2D eigenvalue weighted by molar-refractivity contribution is 5.77. The Balaban J connectivity index is 1.65. The highest BCUT2D eigenvalue weighted by Gasteiger charge is 2.60. The van der Waals surface area contributed by atoms with Gasteiger partial charge in [-0.3, -0.25) is 4.79 Å². The standard InChI is InChI=1S/C20H31NO2/c1-19-10-8-16-14(15(19)6-4-13(19)12-22)5-7-17-20(16,2)11-9-18(23)21(17)3/h12-17H,4-11H2,1-3H3/t13?,14-,15-,16+,17?,19+,20+/m0/s1. The number of fused-ring (bicyclic) bond motifs is 5. The Morgan fingerprint density at radius 2 is 1.74 bits per heavy atom. The van der Waals surface area contributed by atoms with Crippen LogP contribution in [0.3, 0.4) is 0 Å². The molecule has 4 aliphatic rings. The molecule has 1 heterocycles. The summed E-state index contributed by atoms with van der Waals surface area (Å²) in [7, 11) is 2.02. The van der Waals surface area contributed by atoms with Gasteiger partial charge in [0.05, 0.1) is 0 Å². The molecule has 0 aromatic carbocycles. The first kappa shape index (κ1) is 15.7. The molecule has 3 nitrogen and oxygen atoms in total. The molecule has 0 bridgehead atoms. The van der Waals surface area contributed by atoms with E-state index in [2.05, 4.69) is 18.7 Å². The van der Waals surface area contributed by atoms with Crippen LogP contribution >= 0.6 is 0 Å². The second-order valence-electron chi connectivity index (χ2n) is 9.34. The summed E-state index contributed by atoms with van der Waals surface area (Å²) >= 11 is 0. The average molecular weight is 317 g/mol. The van der Waals surface area contributed by atoms with Gasteiger partial charge in [0, 0.05) is 25.4 Å². The van der Waals surface area contributed by atoms with Gasteiger partial charge in [-0.2, -0.15) is 0 Å². The number of hydrogen-bond donors (Lipinski definition) is 0. The lowest BCUT2D eigenvalue weighted by Gasteiger charge is -2.61. The molecule has 128 valence electrons. The SMILES string of the molecule is CN1C(=O)CC[C@@]2(C)C1CC[C@@H]1[C@H]2CC[C@]2(C)C(C=O)CC[C@@H]12. The van der Waals surface area contributed by atoms with E-state index in [0.717, 1.165) is 43.4 Å². The number of rotatable bonds is 1. The zero-order chi connectivity index (χ0) is 16.4. The Hall–Kier alpha value is -0.860. The van der Waals surface area contributed by atoms with E-state index < -0.39 is 0 Å². The molecule has 4 fully saturated rings. The van der Waals surface area contributed by atoms with Crippen molar-refractivity contribution in [1.82, 2.24) is 4.90 Å². The van der Waals surface area contributed by atoms with Crippen LogP contribution in [0.25, 0.3) is 0 Å². The molecule has 0 spiro atoms. The Morgan fingerprint density at radius 3 is 2.48 bits per heavy atom. The maximum absolute atomic E-state index is 12.2. The number of nitrogens with zero attached hydrogens (tertiary/aromatic N) is 1. The molecule has 1 amide bonds. The normalized spacial score (nSPS) is 52.6. The highest BCUT2D eigenvalue weighted by atomic mass is 16.2. The van der Waals surface area contributed by atoms with Crippen molar-refractivity contribution in [2.75, 3.05) is 7.05 Å². The molecule has 7 atom stereocenters. The maximum atomic E-state index is 12.2. The fourth-order valence-corrected chi connectivity index (χ4v) is 7.41. The summed E-state index contributed by atoms with van der Waals surface area (Å²) in [5, 5.41) is 0. The van der Waals surface area contributed by atoms with Crippen molar-refractivity contribution in [3.05, 3.63) is 0 Å². The minimum absolute atomic E-state index is 0.252. The number of hydrogen-bond acceptors (Lipinski definition) is 2. The minimum atomic E-state index is 0.252. The molecular weight excluding hydrogens is 286 g/mol. The number of carbonyl (C=O) groups is 2. The Bertz CT molecular complexity index is 532. The van der Waals surface area contributed by atoms with E-state index in [4.69, 9.17) is 0 Å². The van der Waals surface area contributed by atoms with E-state index in [-0.39, 0.29) is 11.3 Å². The van der Waals surface area contributed by atoms with Gasteiger partial charge in [-0.1, -0.05) is 13.8 Å². The quantitative estimate of drug-likeness (QED) is 0.692. The van der Waals surface area contributed by atoms with Crippen LogP contribution in [0.15, 0.2) is 0 Å². The van der Waals surface area contributed by atoms with Crippen LogP contribution in [0.2, 0.25) is 0 Å². The van der Waals surface area contributed by atoms with Crippen LogP contribution in [-0.4, -0.2) is 30.2 Å². The monoisotopic (exact) mass is 317 g/mol. The number of carbonyl (C=O) groups excluding carboxylic acids is 2. The lowest BCUT2D eigenvalue weighted by molar-refractivity contribution is -0.158. The first-order chi connectivity index (χ1) is 10.9. The summed E-state index contributed by atoms with van der Waals surface area (Å²) in [5.74, 6) is 2.89. The Labute approximate surface area is 140 Å². The summed E-state index contributed by atoms with van der Waals surface area (Å²) in [6.45, 7) is 4.86. The van der Waals surface area contributed by atoms with Gasteiger partial charge >= 0.3 is 0 Å². The predicted octanol–water partition coefficient (Wildman–Crippen LogP) is 3.66. The largest absolute Gasteiger partial charge is 0.342 e. The second kappa shape index (κ2) is 5.07. The predicted molar refractivity (Wildman–Crippen MR) is 89.7 cm³/mol. The number of amides is 1. The van der Waals surface area contributed by atoms with Crippen LogP contribution in [0.5, 0.6) is 0 Å². The highest BCUT2D eigenvalue weighted by Crippen LogP contribution is 2.65. The topological polar surface area (TPSA) is 37.4 Å². The van der Waals surface area contributed by atoms with E-state index in [1.165, 1.54) is 32.0 Å². The molecule has 3 saturated carbocycles. The molecule has 0 N–H and O–H groups in total. The van der Waals surface area contributed by atoms with Gasteiger partial charge < -0.3 is 9.69 Å². The van der Waals surface area contributed by atoms with Crippen molar-refractivity contribution < 1.29 is 9.59 Å². The van der Waals surface area contributed by atoms with E-state index in [0.29, 0.717) is 17.4 Å². The van der Waals surface area contributed by atoms with Gasteiger partial charge in [0.15, 0.2) is 0 Å². The van der Waals surface area contributed by atoms with Gasteiger partial charge in [-0.25, -0.2) is 0 Å². The van der Waals surface area contributed by atoms with Crippen LogP contribution in [0.4, 0.5) is 0 Å². The third-order valence-corrected chi connectivity index (χ3v) is 8.79. The molecule has 1 saturated heterocycles. The Kier molecular flexibility index (Phi) is 3.45. The van der Waals surface area contributed by atoms with Crippen molar-refractivity contribution >= 4 is 12.2 Å². The van der Waals surface area contributed by atoms with Crippen LogP contribution in [0.1, 0.15) is 65.2 Å². The minimum Gasteiger partial charge on any atom is -0.342 e. The second-order valence-corrected chi connectivity index (χ2v) is 9.34. The van der Waals surface area contributed by atoms with Crippen molar-refractivity contribution in [2.45, 2.75) is 71.3 Å². The van der Waals surface area contributed by atoms with E-state index in [1.807, 2.05) is 7.05 Å². The summed E-state index contributed by atoms with van der Waals surface area (Å²) < 4.78 is 0. The molecule has 0 radical (unpaired) electrons. The third-order valence-electron chi connectivity index (χ3n) is 8.79. The molecule has 1 aliphatic heterocycles. The molecule has 2 unspecified atom stereocenters. The lowest BCUT2D eigenvalue weighted by Crippen LogP contribution is -2.61.